The van der Waals surface area contributed by atoms with Gasteiger partial charge >= 0.3 is 0 Å². The molecule has 0 aliphatic heterocycles. The SMILES string of the molecule is Cn1ncc(NCCc2cccc3cccnc23)c(Cl)c1=O. The van der Waals surface area contributed by atoms with Crippen molar-refractivity contribution in [1.29, 1.82) is 0 Å². The minimum atomic E-state index is -0.307. The van der Waals surface area contributed by atoms with Crippen molar-refractivity contribution in [1.82, 2.24) is 14.8 Å². The predicted octanol–water partition coefficient (Wildman–Crippen LogP) is 2.64. The number of rotatable bonds is 4. The summed E-state index contributed by atoms with van der Waals surface area (Å²) in [5.74, 6) is 0. The zero-order chi connectivity index (χ0) is 15.5. The Hall–Kier alpha value is -2.40. The molecule has 0 atom stereocenters. The molecule has 0 aliphatic carbocycles. The average molecular weight is 315 g/mol. The van der Waals surface area contributed by atoms with Crippen molar-refractivity contribution in [3.05, 3.63) is 63.7 Å². The van der Waals surface area contributed by atoms with Gasteiger partial charge in [0.05, 0.1) is 17.4 Å². The van der Waals surface area contributed by atoms with Crippen molar-refractivity contribution in [2.24, 2.45) is 7.05 Å². The second-order valence-corrected chi connectivity index (χ2v) is 5.35. The van der Waals surface area contributed by atoms with E-state index in [2.05, 4.69) is 21.5 Å². The van der Waals surface area contributed by atoms with Gasteiger partial charge in [0, 0.05) is 25.2 Å². The number of para-hydroxylation sites is 1. The molecule has 2 heterocycles. The molecule has 0 saturated carbocycles. The number of hydrogen-bond donors (Lipinski definition) is 1. The van der Waals surface area contributed by atoms with Gasteiger partial charge in [-0.15, -0.1) is 0 Å². The third-order valence-electron chi connectivity index (χ3n) is 3.50. The minimum absolute atomic E-state index is 0.161. The summed E-state index contributed by atoms with van der Waals surface area (Å²) < 4.78 is 1.21. The summed E-state index contributed by atoms with van der Waals surface area (Å²) >= 11 is 6.03. The van der Waals surface area contributed by atoms with E-state index in [-0.39, 0.29) is 10.6 Å². The van der Waals surface area contributed by atoms with Gasteiger partial charge in [0.25, 0.3) is 5.56 Å². The van der Waals surface area contributed by atoms with E-state index in [4.69, 9.17) is 11.6 Å². The van der Waals surface area contributed by atoms with Crippen LogP contribution in [0.3, 0.4) is 0 Å². The molecule has 5 nitrogen and oxygen atoms in total. The van der Waals surface area contributed by atoms with Crippen LogP contribution in [0.2, 0.25) is 5.02 Å². The maximum absolute atomic E-state index is 11.7. The van der Waals surface area contributed by atoms with Gasteiger partial charge in [0.1, 0.15) is 5.02 Å². The number of pyridine rings is 1. The van der Waals surface area contributed by atoms with Crippen molar-refractivity contribution in [3.8, 4) is 0 Å². The Morgan fingerprint density at radius 3 is 2.95 bits per heavy atom. The van der Waals surface area contributed by atoms with E-state index in [1.807, 2.05) is 24.3 Å². The quantitative estimate of drug-likeness (QED) is 0.804. The topological polar surface area (TPSA) is 59.8 Å². The molecular formula is C16H15ClN4O. The third kappa shape index (κ3) is 2.80. The number of aryl methyl sites for hydroxylation is 1. The number of nitrogens with zero attached hydrogens (tertiary/aromatic N) is 3. The van der Waals surface area contributed by atoms with Crippen molar-refractivity contribution < 1.29 is 0 Å². The number of fused-ring (bicyclic) bond motifs is 1. The van der Waals surface area contributed by atoms with E-state index >= 15 is 0 Å². The molecule has 0 aliphatic rings. The summed E-state index contributed by atoms with van der Waals surface area (Å²) in [6.07, 6.45) is 4.13. The standard InChI is InChI=1S/C16H15ClN4O/c1-21-16(22)14(17)13(10-20-21)18-9-7-12-5-2-4-11-6-3-8-19-15(11)12/h2-6,8,10,18H,7,9H2,1H3. The highest BCUT2D eigenvalue weighted by atomic mass is 35.5. The first-order valence-electron chi connectivity index (χ1n) is 6.95. The molecule has 0 unspecified atom stereocenters. The van der Waals surface area contributed by atoms with Gasteiger partial charge in [-0.05, 0) is 18.1 Å². The molecule has 0 saturated heterocycles. The molecule has 0 radical (unpaired) electrons. The lowest BCUT2D eigenvalue weighted by Gasteiger charge is -2.09. The first-order valence-corrected chi connectivity index (χ1v) is 7.33. The molecule has 1 N–H and O–H groups in total. The molecule has 1 aromatic carbocycles. The summed E-state index contributed by atoms with van der Waals surface area (Å²) in [6.45, 7) is 0.643. The van der Waals surface area contributed by atoms with Crippen LogP contribution in [0.1, 0.15) is 5.56 Å². The van der Waals surface area contributed by atoms with Crippen LogP contribution >= 0.6 is 11.6 Å². The second-order valence-electron chi connectivity index (χ2n) is 4.97. The molecule has 6 heteroatoms. The lowest BCUT2D eigenvalue weighted by atomic mass is 10.1. The van der Waals surface area contributed by atoms with Gasteiger partial charge in [-0.1, -0.05) is 35.9 Å². The minimum Gasteiger partial charge on any atom is -0.382 e. The lowest BCUT2D eigenvalue weighted by Crippen LogP contribution is -2.21. The van der Waals surface area contributed by atoms with E-state index in [1.165, 1.54) is 4.68 Å². The lowest BCUT2D eigenvalue weighted by molar-refractivity contribution is 0.708. The number of hydrogen-bond acceptors (Lipinski definition) is 4. The average Bonchev–Trinajstić information content (AvgIpc) is 2.55. The van der Waals surface area contributed by atoms with Crippen molar-refractivity contribution >= 4 is 28.2 Å². The van der Waals surface area contributed by atoms with E-state index in [0.717, 1.165) is 22.9 Å². The molecule has 3 aromatic rings. The highest BCUT2D eigenvalue weighted by Crippen LogP contribution is 2.18. The van der Waals surface area contributed by atoms with Crippen LogP contribution in [-0.2, 0) is 13.5 Å². The Labute approximate surface area is 132 Å². The van der Waals surface area contributed by atoms with Crippen LogP contribution in [0, 0.1) is 0 Å². The Balaban J connectivity index is 1.76. The largest absolute Gasteiger partial charge is 0.382 e. The summed E-state index contributed by atoms with van der Waals surface area (Å²) in [7, 11) is 1.57. The van der Waals surface area contributed by atoms with Gasteiger partial charge in [0.2, 0.25) is 0 Å². The van der Waals surface area contributed by atoms with Crippen molar-refractivity contribution in [2.45, 2.75) is 6.42 Å². The monoisotopic (exact) mass is 314 g/mol. The van der Waals surface area contributed by atoms with Gasteiger partial charge in [-0.2, -0.15) is 5.10 Å². The summed E-state index contributed by atoms with van der Waals surface area (Å²) in [5, 5.41) is 8.40. The normalized spacial score (nSPS) is 10.8. The van der Waals surface area contributed by atoms with Crippen LogP contribution in [0.5, 0.6) is 0 Å². The maximum Gasteiger partial charge on any atom is 0.287 e. The number of benzene rings is 1. The van der Waals surface area contributed by atoms with E-state index in [9.17, 15) is 4.79 Å². The molecule has 0 bridgehead atoms. The van der Waals surface area contributed by atoms with E-state index in [1.54, 1.807) is 19.4 Å². The highest BCUT2D eigenvalue weighted by molar-refractivity contribution is 6.32. The zero-order valence-electron chi connectivity index (χ0n) is 12.1. The van der Waals surface area contributed by atoms with Crippen LogP contribution in [-0.4, -0.2) is 21.3 Å². The smallest absolute Gasteiger partial charge is 0.287 e. The van der Waals surface area contributed by atoms with Gasteiger partial charge in [-0.3, -0.25) is 9.78 Å². The maximum atomic E-state index is 11.7. The molecule has 0 amide bonds. The van der Waals surface area contributed by atoms with Crippen LogP contribution in [0.25, 0.3) is 10.9 Å². The number of anilines is 1. The molecular weight excluding hydrogens is 300 g/mol. The molecule has 22 heavy (non-hydrogen) atoms. The fourth-order valence-electron chi connectivity index (χ4n) is 2.33. The molecule has 112 valence electrons. The van der Waals surface area contributed by atoms with Gasteiger partial charge in [0.15, 0.2) is 0 Å². The van der Waals surface area contributed by atoms with Gasteiger partial charge < -0.3 is 5.32 Å². The fourth-order valence-corrected chi connectivity index (χ4v) is 2.57. The van der Waals surface area contributed by atoms with Crippen LogP contribution in [0.15, 0.2) is 47.5 Å². The first kappa shape index (κ1) is 14.5. The van der Waals surface area contributed by atoms with E-state index < -0.39 is 0 Å². The summed E-state index contributed by atoms with van der Waals surface area (Å²) in [5.41, 5.74) is 2.40. The number of halogens is 1. The summed E-state index contributed by atoms with van der Waals surface area (Å²) in [4.78, 5) is 16.1. The Bertz CT molecular complexity index is 870. The van der Waals surface area contributed by atoms with Crippen LogP contribution in [0.4, 0.5) is 5.69 Å². The fraction of sp³-hybridized carbons (Fsp3) is 0.188. The first-order chi connectivity index (χ1) is 10.7. The van der Waals surface area contributed by atoms with Crippen LogP contribution < -0.4 is 10.9 Å². The third-order valence-corrected chi connectivity index (χ3v) is 3.87. The summed E-state index contributed by atoms with van der Waals surface area (Å²) in [6, 6.07) is 10.1. The van der Waals surface area contributed by atoms with Crippen molar-refractivity contribution in [3.63, 3.8) is 0 Å². The molecule has 2 aromatic heterocycles. The molecule has 0 spiro atoms. The second kappa shape index (κ2) is 6.15. The van der Waals surface area contributed by atoms with E-state index in [0.29, 0.717) is 12.2 Å². The van der Waals surface area contributed by atoms with Gasteiger partial charge in [-0.25, -0.2) is 4.68 Å². The predicted molar refractivity (Wildman–Crippen MR) is 88.4 cm³/mol. The molecule has 0 fully saturated rings. The molecule has 3 rings (SSSR count). The zero-order valence-corrected chi connectivity index (χ0v) is 12.8. The number of aromatic nitrogens is 3. The number of nitrogens with one attached hydrogen (secondary N) is 1. The Morgan fingerprint density at radius 1 is 1.27 bits per heavy atom. The Kier molecular flexibility index (Phi) is 4.06. The highest BCUT2D eigenvalue weighted by Gasteiger charge is 2.07. The Morgan fingerprint density at radius 2 is 2.09 bits per heavy atom. The van der Waals surface area contributed by atoms with Crippen molar-refractivity contribution in [2.75, 3.05) is 11.9 Å².